The largest absolute Gasteiger partial charge is 0.342 e. The first-order valence-electron chi connectivity index (χ1n) is 11.7. The highest BCUT2D eigenvalue weighted by Crippen LogP contribution is 2.28. The minimum Gasteiger partial charge on any atom is -0.342 e. The Hall–Kier alpha value is -3.63. The molecule has 0 aliphatic carbocycles. The zero-order valence-electron chi connectivity index (χ0n) is 20.1. The molecule has 4 rings (SSSR count). The van der Waals surface area contributed by atoms with Crippen LogP contribution in [0, 0.1) is 24.7 Å². The number of aryl methyl sites for hydroxylation is 1. The van der Waals surface area contributed by atoms with E-state index in [0.29, 0.717) is 37.4 Å². The maximum Gasteiger partial charge on any atom is 0.276 e. The van der Waals surface area contributed by atoms with Gasteiger partial charge in [-0.3, -0.25) is 14.3 Å². The van der Waals surface area contributed by atoms with Gasteiger partial charge in [-0.05, 0) is 43.5 Å². The second-order valence-electron chi connectivity index (χ2n) is 8.96. The summed E-state index contributed by atoms with van der Waals surface area (Å²) in [4.78, 5) is 31.8. The molecule has 7 nitrogen and oxygen atoms in total. The van der Waals surface area contributed by atoms with Crippen molar-refractivity contribution in [2.75, 3.05) is 18.4 Å². The standard InChI is InChI=1S/C27H28ClN5O2/c1-18(2)27(35)32-13-11-22(12-14-32)33-24(23(28)17-30-33)26(34)31-25-19(3)15-21(16-29-25)10-9-20-7-5-4-6-8-20/h4-8,15-18,22H,11-14H2,1-3H3,(H,29,31,34). The number of piperidine rings is 1. The Labute approximate surface area is 210 Å². The smallest absolute Gasteiger partial charge is 0.276 e. The van der Waals surface area contributed by atoms with Crippen molar-refractivity contribution in [3.8, 4) is 11.8 Å². The van der Waals surface area contributed by atoms with Crippen LogP contribution < -0.4 is 5.32 Å². The van der Waals surface area contributed by atoms with Crippen molar-refractivity contribution in [3.63, 3.8) is 0 Å². The summed E-state index contributed by atoms with van der Waals surface area (Å²) >= 11 is 6.36. The zero-order chi connectivity index (χ0) is 24.9. The molecule has 35 heavy (non-hydrogen) atoms. The molecule has 0 radical (unpaired) electrons. The van der Waals surface area contributed by atoms with Crippen LogP contribution in [0.25, 0.3) is 0 Å². The van der Waals surface area contributed by atoms with E-state index >= 15 is 0 Å². The van der Waals surface area contributed by atoms with Crippen molar-refractivity contribution in [1.29, 1.82) is 0 Å². The third-order valence-corrected chi connectivity index (χ3v) is 6.29. The Balaban J connectivity index is 1.46. The fourth-order valence-electron chi connectivity index (χ4n) is 4.13. The molecule has 1 aliphatic rings. The predicted octanol–water partition coefficient (Wildman–Crippen LogP) is 4.71. The molecule has 1 saturated heterocycles. The lowest BCUT2D eigenvalue weighted by molar-refractivity contribution is -0.135. The maximum atomic E-state index is 13.2. The highest BCUT2D eigenvalue weighted by Gasteiger charge is 2.29. The summed E-state index contributed by atoms with van der Waals surface area (Å²) in [6.07, 6.45) is 4.55. The third kappa shape index (κ3) is 5.72. The van der Waals surface area contributed by atoms with Crippen LogP contribution in [0.3, 0.4) is 0 Å². The average Bonchev–Trinajstić information content (AvgIpc) is 3.25. The Bertz CT molecular complexity index is 1280. The minimum atomic E-state index is -0.369. The van der Waals surface area contributed by atoms with Crippen LogP contribution in [-0.2, 0) is 4.79 Å². The van der Waals surface area contributed by atoms with Crippen LogP contribution in [0.1, 0.15) is 59.9 Å². The van der Waals surface area contributed by atoms with Crippen LogP contribution >= 0.6 is 11.6 Å². The number of benzene rings is 1. The molecule has 0 atom stereocenters. The predicted molar refractivity (Wildman–Crippen MR) is 136 cm³/mol. The molecule has 0 saturated carbocycles. The molecule has 1 fully saturated rings. The number of rotatable bonds is 4. The topological polar surface area (TPSA) is 80.1 Å². The van der Waals surface area contributed by atoms with E-state index in [1.54, 1.807) is 10.9 Å². The number of nitrogens with zero attached hydrogens (tertiary/aromatic N) is 4. The summed E-state index contributed by atoms with van der Waals surface area (Å²) in [6.45, 7) is 6.94. The number of anilines is 1. The van der Waals surface area contributed by atoms with E-state index in [-0.39, 0.29) is 28.8 Å². The number of aromatic nitrogens is 3. The monoisotopic (exact) mass is 489 g/mol. The number of likely N-dealkylation sites (tertiary alicyclic amines) is 1. The molecule has 3 aromatic rings. The summed E-state index contributed by atoms with van der Waals surface area (Å²) in [5, 5.41) is 7.53. The molecular formula is C27H28ClN5O2. The second kappa shape index (κ2) is 10.7. The van der Waals surface area contributed by atoms with E-state index in [4.69, 9.17) is 11.6 Å². The molecule has 180 valence electrons. The summed E-state index contributed by atoms with van der Waals surface area (Å²) < 4.78 is 1.68. The first-order chi connectivity index (χ1) is 16.8. The van der Waals surface area contributed by atoms with Gasteiger partial charge in [-0.1, -0.05) is 55.5 Å². The van der Waals surface area contributed by atoms with Crippen molar-refractivity contribution >= 4 is 29.2 Å². The van der Waals surface area contributed by atoms with Crippen LogP contribution in [0.2, 0.25) is 5.02 Å². The first kappa shape index (κ1) is 24.5. The van der Waals surface area contributed by atoms with Crippen molar-refractivity contribution in [3.05, 3.63) is 76.2 Å². The van der Waals surface area contributed by atoms with Gasteiger partial charge in [0.05, 0.1) is 17.3 Å². The average molecular weight is 490 g/mol. The molecular weight excluding hydrogens is 462 g/mol. The van der Waals surface area contributed by atoms with Gasteiger partial charge in [-0.2, -0.15) is 5.10 Å². The van der Waals surface area contributed by atoms with Crippen molar-refractivity contribution in [2.45, 2.75) is 39.7 Å². The van der Waals surface area contributed by atoms with Gasteiger partial charge in [0.2, 0.25) is 5.91 Å². The lowest BCUT2D eigenvalue weighted by Gasteiger charge is -2.33. The SMILES string of the molecule is Cc1cc(C#Cc2ccccc2)cnc1NC(=O)c1c(Cl)cnn1C1CCN(C(=O)C(C)C)CC1. The maximum absolute atomic E-state index is 13.2. The van der Waals surface area contributed by atoms with Crippen molar-refractivity contribution in [1.82, 2.24) is 19.7 Å². The van der Waals surface area contributed by atoms with Crippen LogP contribution in [0.4, 0.5) is 5.82 Å². The fourth-order valence-corrected chi connectivity index (χ4v) is 4.35. The summed E-state index contributed by atoms with van der Waals surface area (Å²) in [6, 6.07) is 11.6. The van der Waals surface area contributed by atoms with Crippen molar-refractivity contribution in [2.24, 2.45) is 5.92 Å². The minimum absolute atomic E-state index is 0.0100. The van der Waals surface area contributed by atoms with Gasteiger partial charge < -0.3 is 10.2 Å². The molecule has 0 spiro atoms. The molecule has 2 aromatic heterocycles. The van der Waals surface area contributed by atoms with E-state index in [2.05, 4.69) is 27.2 Å². The van der Waals surface area contributed by atoms with Gasteiger partial charge in [0.15, 0.2) is 0 Å². The number of carbonyl (C=O) groups excluding carboxylic acids is 2. The lowest BCUT2D eigenvalue weighted by atomic mass is 10.0. The number of amides is 2. The molecule has 0 unspecified atom stereocenters. The lowest BCUT2D eigenvalue weighted by Crippen LogP contribution is -2.41. The number of pyridine rings is 1. The van der Waals surface area contributed by atoms with Gasteiger partial charge in [0, 0.05) is 36.3 Å². The van der Waals surface area contributed by atoms with Crippen LogP contribution in [0.5, 0.6) is 0 Å². The normalized spacial score (nSPS) is 13.9. The number of hydrogen-bond donors (Lipinski definition) is 1. The summed E-state index contributed by atoms with van der Waals surface area (Å²) in [5.41, 5.74) is 2.77. The van der Waals surface area contributed by atoms with Crippen molar-refractivity contribution < 1.29 is 9.59 Å². The van der Waals surface area contributed by atoms with Gasteiger partial charge in [0.1, 0.15) is 11.5 Å². The van der Waals surface area contributed by atoms with Gasteiger partial charge >= 0.3 is 0 Å². The Morgan fingerprint density at radius 3 is 2.43 bits per heavy atom. The second-order valence-corrected chi connectivity index (χ2v) is 9.36. The number of carbonyl (C=O) groups is 2. The summed E-state index contributed by atoms with van der Waals surface area (Å²) in [7, 11) is 0. The van der Waals surface area contributed by atoms with E-state index in [1.165, 1.54) is 6.20 Å². The molecule has 1 aliphatic heterocycles. The number of nitrogens with one attached hydrogen (secondary N) is 1. The first-order valence-corrected chi connectivity index (χ1v) is 12.1. The molecule has 8 heteroatoms. The number of hydrogen-bond acceptors (Lipinski definition) is 4. The fraction of sp³-hybridized carbons (Fsp3) is 0.333. The van der Waals surface area contributed by atoms with E-state index < -0.39 is 0 Å². The van der Waals surface area contributed by atoms with Gasteiger partial charge in [0.25, 0.3) is 5.91 Å². The molecule has 2 amide bonds. The number of halogens is 1. The van der Waals surface area contributed by atoms with Gasteiger partial charge in [-0.25, -0.2) is 4.98 Å². The quantitative estimate of drug-likeness (QED) is 0.538. The molecule has 1 N–H and O–H groups in total. The molecule has 1 aromatic carbocycles. The summed E-state index contributed by atoms with van der Waals surface area (Å²) in [5.74, 6) is 6.41. The van der Waals surface area contributed by atoms with Crippen LogP contribution in [-0.4, -0.2) is 44.6 Å². The Morgan fingerprint density at radius 2 is 1.77 bits per heavy atom. The third-order valence-electron chi connectivity index (χ3n) is 6.02. The Morgan fingerprint density at radius 1 is 1.09 bits per heavy atom. The zero-order valence-corrected chi connectivity index (χ0v) is 20.8. The highest BCUT2D eigenvalue weighted by molar-refractivity contribution is 6.34. The van der Waals surface area contributed by atoms with Gasteiger partial charge in [-0.15, -0.1) is 0 Å². The molecule has 0 bridgehead atoms. The van der Waals surface area contributed by atoms with E-state index in [9.17, 15) is 9.59 Å². The molecule has 3 heterocycles. The van der Waals surface area contributed by atoms with Crippen LogP contribution in [0.15, 0.2) is 48.8 Å². The van der Waals surface area contributed by atoms with E-state index in [1.807, 2.05) is 62.1 Å². The highest BCUT2D eigenvalue weighted by atomic mass is 35.5. The van der Waals surface area contributed by atoms with E-state index in [0.717, 1.165) is 16.7 Å². The Kier molecular flexibility index (Phi) is 7.52.